The van der Waals surface area contributed by atoms with E-state index in [2.05, 4.69) is 0 Å². The predicted molar refractivity (Wildman–Crippen MR) is 31.6 cm³/mol. The number of hydrogen-bond acceptors (Lipinski definition) is 5. The SMILES string of the molecule is O=CN(O)CCCP(=O)([O-])[O-]. The van der Waals surface area contributed by atoms with E-state index in [1.54, 1.807) is 0 Å². The number of amides is 1. The van der Waals surface area contributed by atoms with E-state index in [4.69, 9.17) is 5.21 Å². The van der Waals surface area contributed by atoms with Crippen molar-refractivity contribution in [1.82, 2.24) is 5.06 Å². The second-order valence-corrected chi connectivity index (χ2v) is 3.63. The van der Waals surface area contributed by atoms with Crippen LogP contribution in [0.25, 0.3) is 0 Å². The molecule has 0 unspecified atom stereocenters. The van der Waals surface area contributed by atoms with Crippen molar-refractivity contribution in [2.75, 3.05) is 12.7 Å². The topological polar surface area (TPSA) is 104 Å². The van der Waals surface area contributed by atoms with E-state index in [9.17, 15) is 19.1 Å². The van der Waals surface area contributed by atoms with Gasteiger partial charge in [-0.3, -0.25) is 10.0 Å². The lowest BCUT2D eigenvalue weighted by Crippen LogP contribution is -2.22. The van der Waals surface area contributed by atoms with E-state index in [1.807, 2.05) is 0 Å². The first-order chi connectivity index (χ1) is 4.95. The molecular weight excluding hydrogens is 173 g/mol. The Bertz CT molecular complexity index is 166. The van der Waals surface area contributed by atoms with Gasteiger partial charge in [-0.05, 0) is 12.6 Å². The summed E-state index contributed by atoms with van der Waals surface area (Å²) in [5.41, 5.74) is 0. The van der Waals surface area contributed by atoms with E-state index in [0.717, 1.165) is 0 Å². The summed E-state index contributed by atoms with van der Waals surface area (Å²) >= 11 is 0. The molecule has 0 aromatic rings. The zero-order valence-electron chi connectivity index (χ0n) is 5.67. The molecule has 66 valence electrons. The third-order valence-corrected chi connectivity index (χ3v) is 1.80. The van der Waals surface area contributed by atoms with Gasteiger partial charge in [0.2, 0.25) is 6.41 Å². The predicted octanol–water partition coefficient (Wildman–Crippen LogP) is -1.86. The van der Waals surface area contributed by atoms with Crippen LogP contribution in [-0.4, -0.2) is 29.4 Å². The van der Waals surface area contributed by atoms with Gasteiger partial charge >= 0.3 is 0 Å². The van der Waals surface area contributed by atoms with Crippen molar-refractivity contribution in [1.29, 1.82) is 0 Å². The second kappa shape index (κ2) is 4.46. The molecule has 0 aliphatic carbocycles. The molecule has 0 rings (SSSR count). The molecular formula is C4H8NO5P-2. The molecule has 0 saturated heterocycles. The van der Waals surface area contributed by atoms with Crippen LogP contribution in [0.5, 0.6) is 0 Å². The van der Waals surface area contributed by atoms with Crippen LogP contribution in [0.3, 0.4) is 0 Å². The number of carbonyl (C=O) groups is 1. The highest BCUT2D eigenvalue weighted by atomic mass is 31.2. The van der Waals surface area contributed by atoms with Crippen LogP contribution in [0, 0.1) is 0 Å². The van der Waals surface area contributed by atoms with Crippen molar-refractivity contribution in [3.05, 3.63) is 0 Å². The van der Waals surface area contributed by atoms with E-state index >= 15 is 0 Å². The van der Waals surface area contributed by atoms with Gasteiger partial charge in [0.05, 0.1) is 0 Å². The third kappa shape index (κ3) is 7.48. The van der Waals surface area contributed by atoms with Gasteiger partial charge in [0.25, 0.3) is 0 Å². The first-order valence-corrected chi connectivity index (χ1v) is 4.60. The van der Waals surface area contributed by atoms with Gasteiger partial charge in [-0.2, -0.15) is 0 Å². The standard InChI is InChI=1S/C4H10NO5P/c6-4-5(7)2-1-3-11(8,9)10/h4,7H,1-3H2,(H2,8,9,10)/p-2. The fourth-order valence-corrected chi connectivity index (χ4v) is 1.01. The lowest BCUT2D eigenvalue weighted by molar-refractivity contribution is -0.313. The fourth-order valence-electron chi connectivity index (χ4n) is 0.479. The Kier molecular flexibility index (Phi) is 4.29. The second-order valence-electron chi connectivity index (χ2n) is 1.96. The van der Waals surface area contributed by atoms with E-state index < -0.39 is 13.8 Å². The highest BCUT2D eigenvalue weighted by Gasteiger charge is 1.96. The fraction of sp³-hybridized carbons (Fsp3) is 0.750. The van der Waals surface area contributed by atoms with Gasteiger partial charge in [-0.25, -0.2) is 5.06 Å². The van der Waals surface area contributed by atoms with Crippen molar-refractivity contribution in [2.24, 2.45) is 0 Å². The smallest absolute Gasteiger partial charge is 0.233 e. The normalized spacial score (nSPS) is 11.2. The number of rotatable bonds is 5. The Morgan fingerprint density at radius 3 is 2.45 bits per heavy atom. The molecule has 0 aromatic heterocycles. The van der Waals surface area contributed by atoms with Crippen molar-refractivity contribution in [3.63, 3.8) is 0 Å². The Labute approximate surface area is 63.6 Å². The lowest BCUT2D eigenvalue weighted by Gasteiger charge is -2.29. The molecule has 0 spiro atoms. The summed E-state index contributed by atoms with van der Waals surface area (Å²) in [6.07, 6.45) is -0.446. The molecule has 0 fully saturated rings. The van der Waals surface area contributed by atoms with Crippen LogP contribution in [-0.2, 0) is 9.36 Å². The van der Waals surface area contributed by atoms with Gasteiger partial charge < -0.3 is 14.4 Å². The minimum atomic E-state index is -4.49. The summed E-state index contributed by atoms with van der Waals surface area (Å²) < 4.78 is 9.98. The van der Waals surface area contributed by atoms with Crippen LogP contribution in [0.4, 0.5) is 0 Å². The average molecular weight is 181 g/mol. The summed E-state index contributed by atoms with van der Waals surface area (Å²) in [4.78, 5) is 29.7. The van der Waals surface area contributed by atoms with Crippen LogP contribution in [0.1, 0.15) is 6.42 Å². The number of hydroxylamine groups is 2. The number of hydrogen-bond donors (Lipinski definition) is 1. The quantitative estimate of drug-likeness (QED) is 0.232. The molecule has 0 aromatic carbocycles. The summed E-state index contributed by atoms with van der Waals surface area (Å²) in [7, 11) is -4.49. The first kappa shape index (κ1) is 10.6. The van der Waals surface area contributed by atoms with Crippen LogP contribution < -0.4 is 9.79 Å². The molecule has 0 aliphatic rings. The molecule has 1 amide bonds. The highest BCUT2D eigenvalue weighted by molar-refractivity contribution is 7.48. The van der Waals surface area contributed by atoms with Gasteiger partial charge in [-0.15, -0.1) is 0 Å². The average Bonchev–Trinajstić information content (AvgIpc) is 1.85. The summed E-state index contributed by atoms with van der Waals surface area (Å²) in [5.74, 6) is 0. The maximum atomic E-state index is 9.98. The Hall–Kier alpha value is -0.420. The minimum absolute atomic E-state index is 0.0421. The van der Waals surface area contributed by atoms with Crippen molar-refractivity contribution < 1.29 is 24.4 Å². The van der Waals surface area contributed by atoms with Crippen LogP contribution >= 0.6 is 7.60 Å². The molecule has 0 aliphatic heterocycles. The van der Waals surface area contributed by atoms with Crippen molar-refractivity contribution >= 4 is 14.0 Å². The van der Waals surface area contributed by atoms with Crippen molar-refractivity contribution in [3.8, 4) is 0 Å². The van der Waals surface area contributed by atoms with Crippen molar-refractivity contribution in [2.45, 2.75) is 6.42 Å². The molecule has 0 saturated carbocycles. The molecule has 6 nitrogen and oxygen atoms in total. The Morgan fingerprint density at radius 1 is 1.55 bits per heavy atom. The molecule has 0 heterocycles. The Balaban J connectivity index is 3.42. The lowest BCUT2D eigenvalue weighted by atomic mass is 10.5. The van der Waals surface area contributed by atoms with Gasteiger partial charge in [0.15, 0.2) is 0 Å². The Morgan fingerprint density at radius 2 is 2.09 bits per heavy atom. The van der Waals surface area contributed by atoms with Crippen LogP contribution in [0.15, 0.2) is 0 Å². The highest BCUT2D eigenvalue weighted by Crippen LogP contribution is 2.23. The molecule has 1 N–H and O–H groups in total. The largest absolute Gasteiger partial charge is 0.811 e. The maximum absolute atomic E-state index is 9.98. The van der Waals surface area contributed by atoms with Gasteiger partial charge in [0.1, 0.15) is 0 Å². The minimum Gasteiger partial charge on any atom is -0.811 e. The summed E-state index contributed by atoms with van der Waals surface area (Å²) in [6.45, 7) is -0.141. The molecule has 0 atom stereocenters. The molecule has 0 bridgehead atoms. The maximum Gasteiger partial charge on any atom is 0.233 e. The van der Waals surface area contributed by atoms with E-state index in [1.165, 1.54) is 0 Å². The monoisotopic (exact) mass is 181 g/mol. The molecule has 0 radical (unpaired) electrons. The summed E-state index contributed by atoms with van der Waals surface area (Å²) in [6, 6.07) is 0. The zero-order valence-corrected chi connectivity index (χ0v) is 6.57. The van der Waals surface area contributed by atoms with E-state index in [0.29, 0.717) is 0 Å². The van der Waals surface area contributed by atoms with Crippen LogP contribution in [0.2, 0.25) is 0 Å². The number of carbonyl (C=O) groups excluding carboxylic acids is 1. The van der Waals surface area contributed by atoms with E-state index in [-0.39, 0.29) is 24.4 Å². The number of nitrogens with zero attached hydrogens (tertiary/aromatic N) is 1. The first-order valence-electron chi connectivity index (χ1n) is 2.87. The molecule has 7 heteroatoms. The summed E-state index contributed by atoms with van der Waals surface area (Å²) in [5, 5.41) is 8.71. The molecule has 11 heavy (non-hydrogen) atoms. The zero-order chi connectivity index (χ0) is 8.91. The third-order valence-electron chi connectivity index (χ3n) is 0.941. The van der Waals surface area contributed by atoms with Gasteiger partial charge in [-0.1, -0.05) is 7.60 Å². The van der Waals surface area contributed by atoms with Gasteiger partial charge in [0, 0.05) is 6.54 Å².